The monoisotopic (exact) mass is 351 g/mol. The van der Waals surface area contributed by atoms with Crippen LogP contribution in [0.3, 0.4) is 0 Å². The van der Waals surface area contributed by atoms with E-state index in [-0.39, 0.29) is 0 Å². The average Bonchev–Trinajstić information content (AvgIpc) is 2.83. The van der Waals surface area contributed by atoms with E-state index in [0.717, 1.165) is 48.0 Å². The molecule has 1 aliphatic rings. The van der Waals surface area contributed by atoms with Gasteiger partial charge in [-0.25, -0.2) is 4.98 Å². The molecule has 1 aliphatic heterocycles. The molecule has 0 saturated carbocycles. The second-order valence-electron chi connectivity index (χ2n) is 7.15. The van der Waals surface area contributed by atoms with E-state index in [0.29, 0.717) is 0 Å². The Balaban J connectivity index is 1.65. The van der Waals surface area contributed by atoms with Gasteiger partial charge in [-0.05, 0) is 45.1 Å². The lowest BCUT2D eigenvalue weighted by Gasteiger charge is -2.35. The van der Waals surface area contributed by atoms with E-state index >= 15 is 0 Å². The largest absolute Gasteiger partial charge is 0.356 e. The molecule has 0 bridgehead atoms. The lowest BCUT2D eigenvalue weighted by atomic mass is 9.92. The molecular formula is C18H33N5S. The Hall–Kier alpha value is -1.14. The first kappa shape index (κ1) is 19.2. The number of nitrogens with zero attached hydrogens (tertiary/aromatic N) is 3. The normalized spacial score (nSPS) is 22.6. The first-order chi connectivity index (χ1) is 11.5. The molecule has 136 valence electrons. The van der Waals surface area contributed by atoms with Gasteiger partial charge >= 0.3 is 0 Å². The van der Waals surface area contributed by atoms with Crippen LogP contribution in [0.2, 0.25) is 0 Å². The van der Waals surface area contributed by atoms with Gasteiger partial charge in [0.15, 0.2) is 5.96 Å². The Morgan fingerprint density at radius 3 is 2.54 bits per heavy atom. The Labute approximate surface area is 151 Å². The number of aromatic nitrogens is 1. The first-order valence-electron chi connectivity index (χ1n) is 9.07. The molecule has 2 rings (SSSR count). The third-order valence-electron chi connectivity index (χ3n) is 4.53. The zero-order valence-electron chi connectivity index (χ0n) is 15.9. The van der Waals surface area contributed by atoms with E-state index in [1.54, 1.807) is 11.3 Å². The van der Waals surface area contributed by atoms with Gasteiger partial charge in [0.05, 0.1) is 17.2 Å². The summed E-state index contributed by atoms with van der Waals surface area (Å²) >= 11 is 1.75. The minimum atomic E-state index is 0.790. The van der Waals surface area contributed by atoms with Crippen molar-refractivity contribution in [2.45, 2.75) is 47.1 Å². The molecule has 6 heteroatoms. The molecule has 2 atom stereocenters. The van der Waals surface area contributed by atoms with Crippen molar-refractivity contribution in [3.8, 4) is 0 Å². The topological polar surface area (TPSA) is 52.6 Å². The number of aryl methyl sites for hydroxylation is 2. The molecule has 1 saturated heterocycles. The van der Waals surface area contributed by atoms with Crippen LogP contribution in [0.25, 0.3) is 0 Å². The van der Waals surface area contributed by atoms with E-state index in [9.17, 15) is 0 Å². The molecule has 1 fully saturated rings. The summed E-state index contributed by atoms with van der Waals surface area (Å²) in [6, 6.07) is 0. The SMILES string of the molecule is CN=C(NCCCN1CC(C)CC(C)C1)NCc1sc(C)nc1C. The number of rotatable bonds is 6. The van der Waals surface area contributed by atoms with Crippen LogP contribution in [0.1, 0.15) is 42.3 Å². The molecule has 0 spiro atoms. The number of piperidine rings is 1. The molecule has 5 nitrogen and oxygen atoms in total. The van der Waals surface area contributed by atoms with Gasteiger partial charge in [-0.3, -0.25) is 4.99 Å². The fraction of sp³-hybridized carbons (Fsp3) is 0.778. The summed E-state index contributed by atoms with van der Waals surface area (Å²) in [5, 5.41) is 7.93. The number of guanidine groups is 1. The van der Waals surface area contributed by atoms with E-state index in [1.807, 2.05) is 7.05 Å². The van der Waals surface area contributed by atoms with Gasteiger partial charge < -0.3 is 15.5 Å². The van der Waals surface area contributed by atoms with Crippen LogP contribution in [0, 0.1) is 25.7 Å². The summed E-state index contributed by atoms with van der Waals surface area (Å²) in [6.45, 7) is 14.3. The van der Waals surface area contributed by atoms with E-state index < -0.39 is 0 Å². The van der Waals surface area contributed by atoms with Gasteiger partial charge in [-0.15, -0.1) is 11.3 Å². The maximum absolute atomic E-state index is 4.47. The highest BCUT2D eigenvalue weighted by Gasteiger charge is 2.20. The molecule has 24 heavy (non-hydrogen) atoms. The molecule has 0 radical (unpaired) electrons. The van der Waals surface area contributed by atoms with Crippen molar-refractivity contribution in [3.63, 3.8) is 0 Å². The molecule has 1 aromatic heterocycles. The first-order valence-corrected chi connectivity index (χ1v) is 9.89. The second kappa shape index (κ2) is 9.37. The number of hydrogen-bond acceptors (Lipinski definition) is 4. The predicted octanol–water partition coefficient (Wildman–Crippen LogP) is 2.79. The predicted molar refractivity (Wildman–Crippen MR) is 104 cm³/mol. The van der Waals surface area contributed by atoms with Gasteiger partial charge in [0, 0.05) is 31.6 Å². The molecule has 2 unspecified atom stereocenters. The third-order valence-corrected chi connectivity index (χ3v) is 5.60. The van der Waals surface area contributed by atoms with E-state index in [1.165, 1.54) is 30.9 Å². The minimum Gasteiger partial charge on any atom is -0.356 e. The fourth-order valence-electron chi connectivity index (χ4n) is 3.61. The smallest absolute Gasteiger partial charge is 0.191 e. The van der Waals surface area contributed by atoms with Crippen LogP contribution in [-0.4, -0.2) is 49.1 Å². The summed E-state index contributed by atoms with van der Waals surface area (Å²) < 4.78 is 0. The molecule has 0 aliphatic carbocycles. The average molecular weight is 352 g/mol. The van der Waals surface area contributed by atoms with Crippen LogP contribution in [0.15, 0.2) is 4.99 Å². The van der Waals surface area contributed by atoms with Crippen molar-refractivity contribution in [3.05, 3.63) is 15.6 Å². The number of likely N-dealkylation sites (tertiary alicyclic amines) is 1. The molecule has 2 heterocycles. The highest BCUT2D eigenvalue weighted by molar-refractivity contribution is 7.11. The summed E-state index contributed by atoms with van der Waals surface area (Å²) in [7, 11) is 1.83. The van der Waals surface area contributed by atoms with Crippen molar-refractivity contribution >= 4 is 17.3 Å². The Morgan fingerprint density at radius 1 is 1.25 bits per heavy atom. The quantitative estimate of drug-likeness (QED) is 0.470. The number of nitrogens with one attached hydrogen (secondary N) is 2. The maximum Gasteiger partial charge on any atom is 0.191 e. The number of aliphatic imine (C=N–C) groups is 1. The van der Waals surface area contributed by atoms with Crippen LogP contribution < -0.4 is 10.6 Å². The van der Waals surface area contributed by atoms with Crippen molar-refractivity contribution in [1.82, 2.24) is 20.5 Å². The summed E-state index contributed by atoms with van der Waals surface area (Å²) in [6.07, 6.45) is 2.53. The minimum absolute atomic E-state index is 0.790. The Morgan fingerprint density at radius 2 is 1.96 bits per heavy atom. The molecular weight excluding hydrogens is 318 g/mol. The summed E-state index contributed by atoms with van der Waals surface area (Å²) in [5.41, 5.74) is 1.12. The second-order valence-corrected chi connectivity index (χ2v) is 8.44. The van der Waals surface area contributed by atoms with Gasteiger partial charge in [-0.2, -0.15) is 0 Å². The zero-order chi connectivity index (χ0) is 17.5. The van der Waals surface area contributed by atoms with Gasteiger partial charge in [0.25, 0.3) is 0 Å². The molecule has 0 aromatic carbocycles. The van der Waals surface area contributed by atoms with Gasteiger partial charge in [0.1, 0.15) is 0 Å². The van der Waals surface area contributed by atoms with Crippen LogP contribution in [-0.2, 0) is 6.54 Å². The van der Waals surface area contributed by atoms with Crippen molar-refractivity contribution in [2.24, 2.45) is 16.8 Å². The molecule has 2 N–H and O–H groups in total. The van der Waals surface area contributed by atoms with Crippen LogP contribution >= 0.6 is 11.3 Å². The van der Waals surface area contributed by atoms with Gasteiger partial charge in [-0.1, -0.05) is 13.8 Å². The molecule has 0 amide bonds. The standard InChI is InChI=1S/C18H33N5S/c1-13-9-14(2)12-23(11-13)8-6-7-20-18(19-5)21-10-17-15(3)22-16(4)24-17/h13-14H,6-12H2,1-5H3,(H2,19,20,21). The van der Waals surface area contributed by atoms with Crippen molar-refractivity contribution in [2.75, 3.05) is 33.2 Å². The van der Waals surface area contributed by atoms with Crippen LogP contribution in [0.5, 0.6) is 0 Å². The number of thiazole rings is 1. The van der Waals surface area contributed by atoms with Crippen LogP contribution in [0.4, 0.5) is 0 Å². The van der Waals surface area contributed by atoms with Crippen molar-refractivity contribution in [1.29, 1.82) is 0 Å². The highest BCUT2D eigenvalue weighted by Crippen LogP contribution is 2.20. The summed E-state index contributed by atoms with van der Waals surface area (Å²) in [5.74, 6) is 2.55. The lowest BCUT2D eigenvalue weighted by molar-refractivity contribution is 0.140. The third kappa shape index (κ3) is 6.06. The number of hydrogen-bond donors (Lipinski definition) is 2. The molecule has 1 aromatic rings. The maximum atomic E-state index is 4.47. The Kier molecular flexibility index (Phi) is 7.49. The van der Waals surface area contributed by atoms with E-state index in [4.69, 9.17) is 0 Å². The van der Waals surface area contributed by atoms with Gasteiger partial charge in [0.2, 0.25) is 0 Å². The Bertz CT molecular complexity index is 530. The summed E-state index contributed by atoms with van der Waals surface area (Å²) in [4.78, 5) is 12.7. The highest BCUT2D eigenvalue weighted by atomic mass is 32.1. The lowest BCUT2D eigenvalue weighted by Crippen LogP contribution is -2.41. The van der Waals surface area contributed by atoms with E-state index in [2.05, 4.69) is 53.2 Å². The fourth-order valence-corrected chi connectivity index (χ4v) is 4.48. The van der Waals surface area contributed by atoms with Crippen molar-refractivity contribution < 1.29 is 0 Å². The zero-order valence-corrected chi connectivity index (χ0v) is 16.7.